The van der Waals surface area contributed by atoms with E-state index in [1.165, 1.54) is 23.5 Å². The van der Waals surface area contributed by atoms with E-state index in [9.17, 15) is 8.42 Å². The average Bonchev–Trinajstić information content (AvgIpc) is 2.91. The maximum absolute atomic E-state index is 12.8. The van der Waals surface area contributed by atoms with E-state index in [1.54, 1.807) is 13.1 Å². The van der Waals surface area contributed by atoms with E-state index in [2.05, 4.69) is 0 Å². The van der Waals surface area contributed by atoms with Crippen molar-refractivity contribution in [2.75, 3.05) is 20.8 Å². The van der Waals surface area contributed by atoms with Gasteiger partial charge in [-0.15, -0.1) is 0 Å². The molecule has 0 radical (unpaired) electrons. The number of aliphatic hydroxyl groups is 1. The summed E-state index contributed by atoms with van der Waals surface area (Å²) in [6.07, 6.45) is 0.543. The van der Waals surface area contributed by atoms with Crippen LogP contribution in [0.3, 0.4) is 0 Å². The fourth-order valence-electron chi connectivity index (χ4n) is 2.55. The molecule has 2 unspecified atom stereocenters. The van der Waals surface area contributed by atoms with Crippen LogP contribution in [0, 0.1) is 0 Å². The number of benzene rings is 1. The average molecular weight is 315 g/mol. The number of methoxy groups -OCH3 is 1. The topological polar surface area (TPSA) is 76.1 Å². The zero-order valence-corrected chi connectivity index (χ0v) is 13.3. The van der Waals surface area contributed by atoms with Crippen LogP contribution >= 0.6 is 0 Å². The number of sulfonamides is 1. The highest BCUT2D eigenvalue weighted by molar-refractivity contribution is 7.89. The van der Waals surface area contributed by atoms with Gasteiger partial charge in [0.05, 0.1) is 25.9 Å². The number of hydrogen-bond acceptors (Lipinski definition) is 5. The fourth-order valence-corrected chi connectivity index (χ4v) is 4.13. The number of hydrogen-bond donors (Lipinski definition) is 1. The van der Waals surface area contributed by atoms with Crippen molar-refractivity contribution in [2.45, 2.75) is 37.0 Å². The molecule has 1 aromatic rings. The van der Waals surface area contributed by atoms with Crippen LogP contribution in [0.25, 0.3) is 0 Å². The van der Waals surface area contributed by atoms with Crippen LogP contribution in [0.15, 0.2) is 23.1 Å². The van der Waals surface area contributed by atoms with Crippen molar-refractivity contribution in [3.8, 4) is 5.75 Å². The zero-order chi connectivity index (χ0) is 15.6. The van der Waals surface area contributed by atoms with Gasteiger partial charge in [0.25, 0.3) is 0 Å². The van der Waals surface area contributed by atoms with Crippen LogP contribution in [0.4, 0.5) is 0 Å². The third-order valence-electron chi connectivity index (χ3n) is 3.87. The number of aliphatic hydroxyl groups excluding tert-OH is 1. The molecule has 6 nitrogen and oxygen atoms in total. The molecular weight excluding hydrogens is 294 g/mol. The number of rotatable bonds is 5. The molecule has 2 rings (SSSR count). The highest BCUT2D eigenvalue weighted by Gasteiger charge is 2.36. The van der Waals surface area contributed by atoms with Crippen molar-refractivity contribution < 1.29 is 23.0 Å². The molecule has 7 heteroatoms. The maximum atomic E-state index is 12.8. The Hall–Kier alpha value is -1.15. The van der Waals surface area contributed by atoms with Crippen LogP contribution < -0.4 is 4.74 Å². The Morgan fingerprint density at radius 3 is 2.71 bits per heavy atom. The summed E-state index contributed by atoms with van der Waals surface area (Å²) < 4.78 is 37.5. The Bertz CT molecular complexity index is 601. The van der Waals surface area contributed by atoms with E-state index in [1.807, 2.05) is 6.92 Å². The monoisotopic (exact) mass is 315 g/mol. The third-order valence-corrected chi connectivity index (χ3v) is 5.79. The molecule has 0 amide bonds. The molecule has 1 N–H and O–H groups in total. The smallest absolute Gasteiger partial charge is 0.246 e. The fraction of sp³-hybridized carbons (Fsp3) is 0.571. The summed E-state index contributed by atoms with van der Waals surface area (Å²) in [5.74, 6) is 0.236. The first kappa shape index (κ1) is 16.2. The molecule has 0 spiro atoms. The molecule has 0 saturated carbocycles. The van der Waals surface area contributed by atoms with Gasteiger partial charge in [0.1, 0.15) is 10.6 Å². The van der Waals surface area contributed by atoms with Gasteiger partial charge in [-0.05, 0) is 31.0 Å². The highest BCUT2D eigenvalue weighted by atomic mass is 32.2. The van der Waals surface area contributed by atoms with Crippen LogP contribution in [-0.2, 0) is 21.4 Å². The van der Waals surface area contributed by atoms with Gasteiger partial charge in [0.15, 0.2) is 0 Å². The lowest BCUT2D eigenvalue weighted by molar-refractivity contribution is 0.102. The first-order valence-electron chi connectivity index (χ1n) is 6.79. The van der Waals surface area contributed by atoms with Gasteiger partial charge < -0.3 is 14.6 Å². The van der Waals surface area contributed by atoms with E-state index >= 15 is 0 Å². The zero-order valence-electron chi connectivity index (χ0n) is 12.4. The molecule has 0 aliphatic carbocycles. The number of ether oxygens (including phenoxy) is 2. The second-order valence-corrected chi connectivity index (χ2v) is 7.06. The van der Waals surface area contributed by atoms with Gasteiger partial charge in [-0.3, -0.25) is 0 Å². The maximum Gasteiger partial charge on any atom is 0.246 e. The van der Waals surface area contributed by atoms with Crippen molar-refractivity contribution in [3.63, 3.8) is 0 Å². The molecule has 1 aromatic carbocycles. The predicted octanol–water partition coefficient (Wildman–Crippen LogP) is 0.985. The van der Waals surface area contributed by atoms with E-state index in [-0.39, 0.29) is 29.4 Å². The van der Waals surface area contributed by atoms with Crippen molar-refractivity contribution in [2.24, 2.45) is 0 Å². The number of nitrogens with zero attached hydrogens (tertiary/aromatic N) is 1. The van der Waals surface area contributed by atoms with Gasteiger partial charge in [-0.2, -0.15) is 4.31 Å². The summed E-state index contributed by atoms with van der Waals surface area (Å²) >= 11 is 0. The Kier molecular flexibility index (Phi) is 4.88. The summed E-state index contributed by atoms with van der Waals surface area (Å²) in [5.41, 5.74) is 0.603. The Labute approximate surface area is 125 Å². The van der Waals surface area contributed by atoms with Crippen molar-refractivity contribution in [3.05, 3.63) is 23.8 Å². The van der Waals surface area contributed by atoms with Crippen LogP contribution in [-0.4, -0.2) is 50.7 Å². The summed E-state index contributed by atoms with van der Waals surface area (Å²) in [5, 5.41) is 9.14. The lowest BCUT2D eigenvalue weighted by atomic mass is 10.2. The Morgan fingerprint density at radius 2 is 2.19 bits per heavy atom. The molecule has 1 aliphatic heterocycles. The molecule has 1 aliphatic rings. The first-order valence-corrected chi connectivity index (χ1v) is 8.23. The Balaban J connectivity index is 2.39. The van der Waals surface area contributed by atoms with Gasteiger partial charge in [-0.25, -0.2) is 8.42 Å². The largest absolute Gasteiger partial charge is 0.495 e. The number of likely N-dealkylation sites (N-methyl/N-ethyl adjacent to an activating group) is 1. The first-order chi connectivity index (χ1) is 9.91. The third kappa shape index (κ3) is 3.06. The van der Waals surface area contributed by atoms with Crippen molar-refractivity contribution in [1.29, 1.82) is 0 Å². The lowest BCUT2D eigenvalue weighted by Gasteiger charge is -2.26. The van der Waals surface area contributed by atoms with Crippen molar-refractivity contribution >= 4 is 10.0 Å². The molecule has 21 heavy (non-hydrogen) atoms. The second-order valence-electron chi connectivity index (χ2n) is 5.10. The standard InChI is InChI=1S/C14H21NO5S/c1-10-12(6-7-20-10)15(2)21(17,18)14-5-4-11(9-16)8-13(14)19-3/h4-5,8,10,12,16H,6-7,9H2,1-3H3. The van der Waals surface area contributed by atoms with Gasteiger partial charge in [0, 0.05) is 13.7 Å². The van der Waals surface area contributed by atoms with Gasteiger partial charge >= 0.3 is 0 Å². The summed E-state index contributed by atoms with van der Waals surface area (Å²) in [7, 11) is -0.703. The predicted molar refractivity (Wildman–Crippen MR) is 77.7 cm³/mol. The molecule has 118 valence electrons. The minimum atomic E-state index is -3.68. The molecule has 1 fully saturated rings. The lowest BCUT2D eigenvalue weighted by Crippen LogP contribution is -2.41. The van der Waals surface area contributed by atoms with E-state index < -0.39 is 10.0 Å². The minimum absolute atomic E-state index is 0.101. The summed E-state index contributed by atoms with van der Waals surface area (Å²) in [4.78, 5) is 0.101. The SMILES string of the molecule is COc1cc(CO)ccc1S(=O)(=O)N(C)C1CCOC1C. The van der Waals surface area contributed by atoms with E-state index in [0.29, 0.717) is 18.6 Å². The molecule has 0 bridgehead atoms. The normalized spacial score (nSPS) is 22.7. The van der Waals surface area contributed by atoms with E-state index in [4.69, 9.17) is 14.6 Å². The molecule has 1 heterocycles. The molecule has 1 saturated heterocycles. The quantitative estimate of drug-likeness (QED) is 0.877. The molecule has 0 aromatic heterocycles. The van der Waals surface area contributed by atoms with E-state index in [0.717, 1.165) is 0 Å². The summed E-state index contributed by atoms with van der Waals surface area (Å²) in [6, 6.07) is 4.40. The molecule has 2 atom stereocenters. The van der Waals surface area contributed by atoms with Gasteiger partial charge in [0.2, 0.25) is 10.0 Å². The summed E-state index contributed by atoms with van der Waals surface area (Å²) in [6.45, 7) is 2.27. The second kappa shape index (κ2) is 6.31. The Morgan fingerprint density at radius 1 is 1.48 bits per heavy atom. The van der Waals surface area contributed by atoms with Gasteiger partial charge in [-0.1, -0.05) is 6.07 Å². The minimum Gasteiger partial charge on any atom is -0.495 e. The van der Waals surface area contributed by atoms with Crippen LogP contribution in [0.2, 0.25) is 0 Å². The highest BCUT2D eigenvalue weighted by Crippen LogP contribution is 2.30. The van der Waals surface area contributed by atoms with Crippen LogP contribution in [0.1, 0.15) is 18.9 Å². The van der Waals surface area contributed by atoms with Crippen LogP contribution in [0.5, 0.6) is 5.75 Å². The molecular formula is C14H21NO5S. The van der Waals surface area contributed by atoms with Crippen molar-refractivity contribution in [1.82, 2.24) is 4.31 Å².